The van der Waals surface area contributed by atoms with Gasteiger partial charge in [0.25, 0.3) is 0 Å². The number of fused-ring (bicyclic) bond motifs is 1. The Morgan fingerprint density at radius 1 is 1.12 bits per heavy atom. The lowest BCUT2D eigenvalue weighted by molar-refractivity contribution is -0.274. The summed E-state index contributed by atoms with van der Waals surface area (Å²) in [5, 5.41) is 3.42. The van der Waals surface area contributed by atoms with Crippen molar-refractivity contribution in [3.8, 4) is 5.75 Å². The summed E-state index contributed by atoms with van der Waals surface area (Å²) < 4.78 is 40.3. The topological polar surface area (TPSA) is 41.6 Å². The molecule has 0 aliphatic carbocycles. The molecule has 3 rings (SSSR count). The van der Waals surface area contributed by atoms with Gasteiger partial charge in [0.05, 0.1) is 0 Å². The van der Waals surface area contributed by atoms with Crippen LogP contribution in [0.25, 0.3) is 0 Å². The molecule has 0 radical (unpaired) electrons. The van der Waals surface area contributed by atoms with Gasteiger partial charge in [-0.25, -0.2) is 0 Å². The SMILES string of the molecule is O=C(CCc1ccc(OC(F)(F)F)cc1)N1CC[C@@H]2CNC[C@@H]2CC1. The zero-order valence-corrected chi connectivity index (χ0v) is 14.0. The molecular formula is C18H23F3N2O2. The number of hydrogen-bond donors (Lipinski definition) is 1. The van der Waals surface area contributed by atoms with E-state index in [1.54, 1.807) is 12.1 Å². The van der Waals surface area contributed by atoms with E-state index in [1.807, 2.05) is 4.90 Å². The van der Waals surface area contributed by atoms with Gasteiger partial charge in [-0.15, -0.1) is 13.2 Å². The largest absolute Gasteiger partial charge is 0.573 e. The minimum atomic E-state index is -4.68. The molecule has 4 nitrogen and oxygen atoms in total. The fraction of sp³-hybridized carbons (Fsp3) is 0.611. The molecule has 2 aliphatic heterocycles. The van der Waals surface area contributed by atoms with E-state index in [0.717, 1.165) is 44.6 Å². The zero-order chi connectivity index (χ0) is 17.9. The van der Waals surface area contributed by atoms with Crippen LogP contribution in [0.2, 0.25) is 0 Å². The Balaban J connectivity index is 1.47. The van der Waals surface area contributed by atoms with E-state index < -0.39 is 6.36 Å². The van der Waals surface area contributed by atoms with Gasteiger partial charge < -0.3 is 15.0 Å². The summed E-state index contributed by atoms with van der Waals surface area (Å²) in [7, 11) is 0. The van der Waals surface area contributed by atoms with Crippen molar-refractivity contribution in [2.45, 2.75) is 32.0 Å². The molecule has 1 amide bonds. The maximum Gasteiger partial charge on any atom is 0.573 e. The molecule has 7 heteroatoms. The van der Waals surface area contributed by atoms with Gasteiger partial charge in [0, 0.05) is 19.5 Å². The van der Waals surface area contributed by atoms with E-state index in [0.29, 0.717) is 24.7 Å². The molecule has 0 spiro atoms. The average molecular weight is 356 g/mol. The van der Waals surface area contributed by atoms with Crippen molar-refractivity contribution in [3.63, 3.8) is 0 Å². The highest BCUT2D eigenvalue weighted by molar-refractivity contribution is 5.76. The molecule has 0 saturated carbocycles. The van der Waals surface area contributed by atoms with Gasteiger partial charge in [0.1, 0.15) is 5.75 Å². The number of amides is 1. The highest BCUT2D eigenvalue weighted by Gasteiger charge is 2.32. The molecule has 0 aromatic heterocycles. The normalized spacial score (nSPS) is 23.9. The molecule has 2 heterocycles. The van der Waals surface area contributed by atoms with Gasteiger partial charge in [-0.2, -0.15) is 0 Å². The van der Waals surface area contributed by atoms with Crippen LogP contribution in [0, 0.1) is 11.8 Å². The number of carbonyl (C=O) groups excluding carboxylic acids is 1. The summed E-state index contributed by atoms with van der Waals surface area (Å²) in [5.74, 6) is 1.25. The first-order valence-corrected chi connectivity index (χ1v) is 8.74. The Labute approximate surface area is 145 Å². The van der Waals surface area contributed by atoms with Crippen LogP contribution in [0.3, 0.4) is 0 Å². The van der Waals surface area contributed by atoms with Crippen LogP contribution in [0.1, 0.15) is 24.8 Å². The summed E-state index contributed by atoms with van der Waals surface area (Å²) in [5.41, 5.74) is 0.832. The number of rotatable bonds is 4. The van der Waals surface area contributed by atoms with Crippen molar-refractivity contribution in [2.24, 2.45) is 11.8 Å². The molecule has 2 fully saturated rings. The molecule has 0 unspecified atom stereocenters. The third-order valence-electron chi connectivity index (χ3n) is 5.16. The lowest BCUT2D eigenvalue weighted by Gasteiger charge is -2.21. The van der Waals surface area contributed by atoms with Crippen LogP contribution in [0.4, 0.5) is 13.2 Å². The number of alkyl halides is 3. The predicted molar refractivity (Wildman–Crippen MR) is 87.1 cm³/mol. The van der Waals surface area contributed by atoms with Gasteiger partial charge in [-0.05, 0) is 61.9 Å². The Hall–Kier alpha value is -1.76. The molecule has 0 bridgehead atoms. The predicted octanol–water partition coefficient (Wildman–Crippen LogP) is 2.98. The van der Waals surface area contributed by atoms with Crippen LogP contribution in [0.5, 0.6) is 5.75 Å². The first-order valence-electron chi connectivity index (χ1n) is 8.74. The van der Waals surface area contributed by atoms with Crippen molar-refractivity contribution < 1.29 is 22.7 Å². The Morgan fingerprint density at radius 2 is 1.72 bits per heavy atom. The average Bonchev–Trinajstić information content (AvgIpc) is 2.91. The molecule has 2 saturated heterocycles. The molecule has 1 aromatic carbocycles. The van der Waals surface area contributed by atoms with Gasteiger partial charge in [0.2, 0.25) is 5.91 Å². The van der Waals surface area contributed by atoms with Crippen LogP contribution in [0.15, 0.2) is 24.3 Å². The monoisotopic (exact) mass is 356 g/mol. The van der Waals surface area contributed by atoms with Gasteiger partial charge in [-0.3, -0.25) is 4.79 Å². The molecule has 1 aromatic rings. The number of aryl methyl sites for hydroxylation is 1. The third kappa shape index (κ3) is 5.11. The first kappa shape index (κ1) is 18.0. The molecule has 25 heavy (non-hydrogen) atoms. The third-order valence-corrected chi connectivity index (χ3v) is 5.16. The zero-order valence-electron chi connectivity index (χ0n) is 14.0. The summed E-state index contributed by atoms with van der Waals surface area (Å²) in [4.78, 5) is 14.4. The van der Waals surface area contributed by atoms with E-state index in [9.17, 15) is 18.0 Å². The number of likely N-dealkylation sites (tertiary alicyclic amines) is 1. The first-order chi connectivity index (χ1) is 11.9. The fourth-order valence-corrected chi connectivity index (χ4v) is 3.73. The highest BCUT2D eigenvalue weighted by Crippen LogP contribution is 2.27. The van der Waals surface area contributed by atoms with E-state index in [-0.39, 0.29) is 11.7 Å². The molecule has 2 aliphatic rings. The summed E-state index contributed by atoms with van der Waals surface area (Å²) in [6, 6.07) is 5.72. The van der Waals surface area contributed by atoms with Gasteiger partial charge >= 0.3 is 6.36 Å². The van der Waals surface area contributed by atoms with E-state index >= 15 is 0 Å². The minimum Gasteiger partial charge on any atom is -0.406 e. The Bertz CT molecular complexity index is 575. The minimum absolute atomic E-state index is 0.128. The van der Waals surface area contributed by atoms with Crippen LogP contribution < -0.4 is 10.1 Å². The lowest BCUT2D eigenvalue weighted by atomic mass is 9.92. The second-order valence-corrected chi connectivity index (χ2v) is 6.83. The van der Waals surface area contributed by atoms with E-state index in [4.69, 9.17) is 0 Å². The molecule has 2 atom stereocenters. The van der Waals surface area contributed by atoms with Crippen molar-refractivity contribution in [3.05, 3.63) is 29.8 Å². The summed E-state index contributed by atoms with van der Waals surface area (Å²) in [6.07, 6.45) is -1.68. The van der Waals surface area contributed by atoms with E-state index in [2.05, 4.69) is 10.1 Å². The number of benzene rings is 1. The van der Waals surface area contributed by atoms with Gasteiger partial charge in [-0.1, -0.05) is 12.1 Å². The second kappa shape index (κ2) is 7.64. The highest BCUT2D eigenvalue weighted by atomic mass is 19.4. The number of nitrogens with zero attached hydrogens (tertiary/aromatic N) is 1. The number of halogens is 3. The molecule has 138 valence electrons. The van der Waals surface area contributed by atoms with Crippen LogP contribution >= 0.6 is 0 Å². The van der Waals surface area contributed by atoms with Crippen LogP contribution in [-0.4, -0.2) is 43.3 Å². The molecule has 1 N–H and O–H groups in total. The van der Waals surface area contributed by atoms with Gasteiger partial charge in [0.15, 0.2) is 0 Å². The quantitative estimate of drug-likeness (QED) is 0.902. The molecular weight excluding hydrogens is 333 g/mol. The summed E-state index contributed by atoms with van der Waals surface area (Å²) in [6.45, 7) is 3.72. The van der Waals surface area contributed by atoms with Crippen LogP contribution in [-0.2, 0) is 11.2 Å². The van der Waals surface area contributed by atoms with E-state index in [1.165, 1.54) is 12.1 Å². The number of hydrogen-bond acceptors (Lipinski definition) is 3. The van der Waals surface area contributed by atoms with Crippen molar-refractivity contribution >= 4 is 5.91 Å². The smallest absolute Gasteiger partial charge is 0.406 e. The van der Waals surface area contributed by atoms with Crippen molar-refractivity contribution in [1.29, 1.82) is 0 Å². The number of nitrogens with one attached hydrogen (secondary N) is 1. The Kier molecular flexibility index (Phi) is 5.51. The number of ether oxygens (including phenoxy) is 1. The van der Waals surface area contributed by atoms with Crippen molar-refractivity contribution in [1.82, 2.24) is 10.2 Å². The van der Waals surface area contributed by atoms with Crippen molar-refractivity contribution in [2.75, 3.05) is 26.2 Å². The summed E-state index contributed by atoms with van der Waals surface area (Å²) >= 11 is 0. The standard InChI is InChI=1S/C18H23F3N2O2/c19-18(20,21)25-16-4-1-13(2-5-16)3-6-17(24)23-9-7-14-11-22-12-15(14)8-10-23/h1-2,4-5,14-15,22H,3,6-12H2/t14-,15+. The fourth-order valence-electron chi connectivity index (χ4n) is 3.73. The number of carbonyl (C=O) groups is 1. The maximum absolute atomic E-state index is 12.4. The Morgan fingerprint density at radius 3 is 2.28 bits per heavy atom. The lowest BCUT2D eigenvalue weighted by Crippen LogP contribution is -2.32. The second-order valence-electron chi connectivity index (χ2n) is 6.83. The maximum atomic E-state index is 12.4.